The van der Waals surface area contributed by atoms with Crippen molar-refractivity contribution in [2.45, 2.75) is 17.7 Å². The van der Waals surface area contributed by atoms with Crippen molar-refractivity contribution in [2.24, 2.45) is 0 Å². The van der Waals surface area contributed by atoms with Gasteiger partial charge in [-0.05, 0) is 12.8 Å². The molecule has 0 aliphatic carbocycles. The van der Waals surface area contributed by atoms with Crippen LogP contribution < -0.4 is 9.79 Å². The summed E-state index contributed by atoms with van der Waals surface area (Å²) in [5.41, 5.74) is 0. The third-order valence-electron chi connectivity index (χ3n) is 1.57. The zero-order valence-electron chi connectivity index (χ0n) is 7.25. The van der Waals surface area contributed by atoms with Crippen LogP contribution in [0.4, 0.5) is 0 Å². The molecule has 14 heavy (non-hydrogen) atoms. The van der Waals surface area contributed by atoms with Gasteiger partial charge >= 0.3 is 0 Å². The third kappa shape index (κ3) is 7.30. The van der Waals surface area contributed by atoms with Crippen LogP contribution in [-0.4, -0.2) is 23.2 Å². The summed E-state index contributed by atoms with van der Waals surface area (Å²) in [4.78, 5) is 19.4. The number of phosphoric acid groups is 1. The summed E-state index contributed by atoms with van der Waals surface area (Å²) in [5.74, 6) is 0.484. The Balaban J connectivity index is 4.15. The Morgan fingerprint density at radius 1 is 1.21 bits per heavy atom. The predicted molar refractivity (Wildman–Crippen MR) is 52.8 cm³/mol. The van der Waals surface area contributed by atoms with Crippen LogP contribution in [0.15, 0.2) is 0 Å². The molecule has 0 aliphatic heterocycles. The van der Waals surface area contributed by atoms with Gasteiger partial charge in [0.1, 0.15) is 0 Å². The van der Waals surface area contributed by atoms with Crippen molar-refractivity contribution < 1.29 is 18.9 Å². The molecule has 0 heterocycles. The number of hydrogen-bond acceptors (Lipinski definition) is 4. The van der Waals surface area contributed by atoms with Gasteiger partial charge in [-0.3, -0.25) is 0 Å². The lowest BCUT2D eigenvalue weighted by Gasteiger charge is -2.34. The van der Waals surface area contributed by atoms with Crippen molar-refractivity contribution in [3.8, 4) is 0 Å². The highest BCUT2D eigenvalue weighted by Gasteiger charge is 2.26. The lowest BCUT2D eigenvalue weighted by Crippen LogP contribution is -2.31. The van der Waals surface area contributed by atoms with Gasteiger partial charge in [0.15, 0.2) is 0 Å². The average molecular weight is 283 g/mol. The molecule has 0 aromatic heterocycles. The fourth-order valence-corrected chi connectivity index (χ4v) is 2.44. The summed E-state index contributed by atoms with van der Waals surface area (Å²) < 4.78 is 14.3. The van der Waals surface area contributed by atoms with Crippen molar-refractivity contribution in [3.63, 3.8) is 0 Å². The molecule has 0 fully saturated rings. The third-order valence-corrected chi connectivity index (χ3v) is 2.88. The molecule has 0 aromatic carbocycles. The van der Waals surface area contributed by atoms with Crippen molar-refractivity contribution in [1.82, 2.24) is 0 Å². The van der Waals surface area contributed by atoms with E-state index in [4.69, 9.17) is 34.8 Å². The van der Waals surface area contributed by atoms with Crippen LogP contribution in [0.3, 0.4) is 0 Å². The maximum atomic E-state index is 10.2. The number of hydrogen-bond donors (Lipinski definition) is 0. The zero-order chi connectivity index (χ0) is 11.2. The molecular formula is C6H10Cl3O4P-2. The van der Waals surface area contributed by atoms with Crippen molar-refractivity contribution in [3.05, 3.63) is 0 Å². The van der Waals surface area contributed by atoms with E-state index in [1.807, 2.05) is 0 Å². The quantitative estimate of drug-likeness (QED) is 0.517. The summed E-state index contributed by atoms with van der Waals surface area (Å²) in [6.07, 6.45) is 0.645. The van der Waals surface area contributed by atoms with Crippen molar-refractivity contribution in [2.75, 3.05) is 18.4 Å². The second kappa shape index (κ2) is 6.54. The summed E-state index contributed by atoms with van der Waals surface area (Å²) in [6, 6.07) is 0. The fourth-order valence-electron chi connectivity index (χ4n) is 0.803. The highest BCUT2D eigenvalue weighted by atomic mass is 35.5. The summed E-state index contributed by atoms with van der Waals surface area (Å²) >= 11 is 16.9. The Labute approximate surface area is 97.7 Å². The minimum Gasteiger partial charge on any atom is -0.790 e. The molecule has 0 N–H and O–H groups in total. The van der Waals surface area contributed by atoms with Gasteiger partial charge in [0.05, 0.1) is 19.3 Å². The molecule has 0 saturated heterocycles. The van der Waals surface area contributed by atoms with E-state index in [1.165, 1.54) is 0 Å². The van der Waals surface area contributed by atoms with Crippen LogP contribution in [0.1, 0.15) is 12.8 Å². The Hall–Kier alpha value is 0.980. The number of rotatable bonds is 7. The monoisotopic (exact) mass is 282 g/mol. The van der Waals surface area contributed by atoms with Gasteiger partial charge in [-0.1, -0.05) is 0 Å². The first-order valence-corrected chi connectivity index (χ1v) is 6.71. The molecule has 0 bridgehead atoms. The topological polar surface area (TPSA) is 72.4 Å². The molecule has 0 spiro atoms. The highest BCUT2D eigenvalue weighted by molar-refractivity contribution is 7.43. The van der Waals surface area contributed by atoms with Crippen LogP contribution >= 0.6 is 42.6 Å². The van der Waals surface area contributed by atoms with E-state index in [0.717, 1.165) is 0 Å². The maximum absolute atomic E-state index is 10.2. The lowest BCUT2D eigenvalue weighted by molar-refractivity contribution is -0.342. The molecule has 0 saturated carbocycles. The second-order valence-corrected chi connectivity index (χ2v) is 5.46. The normalized spacial score (nSPS) is 13.2. The predicted octanol–water partition coefficient (Wildman–Crippen LogP) is 1.07. The maximum Gasteiger partial charge on any atom is 0.0711 e. The number of phosphoric ester groups is 1. The van der Waals surface area contributed by atoms with Crippen molar-refractivity contribution in [1.29, 1.82) is 0 Å². The van der Waals surface area contributed by atoms with Crippen molar-refractivity contribution >= 4 is 42.6 Å². The van der Waals surface area contributed by atoms with Crippen LogP contribution in [0.25, 0.3) is 0 Å². The van der Waals surface area contributed by atoms with Crippen LogP contribution in [-0.2, 0) is 9.09 Å². The standard InChI is InChI=1S/C6H12Cl3O4P/c7-3-1-6(9,2-4-8)5-13-14(10,11)12/h1-5H2,(H2,10,11,12)/p-2. The van der Waals surface area contributed by atoms with E-state index in [-0.39, 0.29) is 11.8 Å². The Bertz CT molecular complexity index is 201. The molecule has 8 heteroatoms. The van der Waals surface area contributed by atoms with Gasteiger partial charge in [-0.25, -0.2) is 0 Å². The van der Waals surface area contributed by atoms with Gasteiger partial charge < -0.3 is 18.9 Å². The lowest BCUT2D eigenvalue weighted by atomic mass is 10.0. The largest absolute Gasteiger partial charge is 0.790 e. The summed E-state index contributed by atoms with van der Waals surface area (Å²) in [7, 11) is -4.98. The number of alkyl halides is 3. The van der Waals surface area contributed by atoms with Gasteiger partial charge in [0.2, 0.25) is 0 Å². The molecule has 0 aromatic rings. The molecule has 0 unspecified atom stereocenters. The van der Waals surface area contributed by atoms with E-state index >= 15 is 0 Å². The van der Waals surface area contributed by atoms with E-state index in [1.54, 1.807) is 0 Å². The van der Waals surface area contributed by atoms with E-state index in [9.17, 15) is 14.4 Å². The van der Waals surface area contributed by atoms with E-state index in [0.29, 0.717) is 12.8 Å². The molecule has 86 valence electrons. The Morgan fingerprint density at radius 2 is 1.64 bits per heavy atom. The van der Waals surface area contributed by atoms with Crippen LogP contribution in [0.5, 0.6) is 0 Å². The smallest absolute Gasteiger partial charge is 0.0711 e. The van der Waals surface area contributed by atoms with Crippen LogP contribution in [0, 0.1) is 0 Å². The minimum absolute atomic E-state index is 0.242. The fraction of sp³-hybridized carbons (Fsp3) is 1.00. The molecule has 0 rings (SSSR count). The minimum atomic E-state index is -4.98. The number of halogens is 3. The van der Waals surface area contributed by atoms with Gasteiger partial charge in [-0.2, -0.15) is 0 Å². The van der Waals surface area contributed by atoms with E-state index < -0.39 is 19.3 Å². The summed E-state index contributed by atoms with van der Waals surface area (Å²) in [6.45, 7) is -0.391. The van der Waals surface area contributed by atoms with Gasteiger partial charge in [-0.15, -0.1) is 34.8 Å². The van der Waals surface area contributed by atoms with E-state index in [2.05, 4.69) is 4.52 Å². The average Bonchev–Trinajstić information content (AvgIpc) is 2.01. The molecule has 0 radical (unpaired) electrons. The second-order valence-electron chi connectivity index (χ2n) is 2.75. The summed E-state index contributed by atoms with van der Waals surface area (Å²) in [5, 5.41) is 0. The highest BCUT2D eigenvalue weighted by Crippen LogP contribution is 2.33. The van der Waals surface area contributed by atoms with Gasteiger partial charge in [0, 0.05) is 11.8 Å². The molecule has 0 atom stereocenters. The van der Waals surface area contributed by atoms with Crippen LogP contribution in [0.2, 0.25) is 0 Å². The molecule has 0 aliphatic rings. The first-order valence-electron chi connectivity index (χ1n) is 3.80. The molecular weight excluding hydrogens is 273 g/mol. The Kier molecular flexibility index (Phi) is 7.00. The first kappa shape index (κ1) is 15.0. The SMILES string of the molecule is O=P([O-])([O-])OCC(Cl)(CCCl)CCCl. The molecule has 4 nitrogen and oxygen atoms in total. The zero-order valence-corrected chi connectivity index (χ0v) is 10.4. The molecule has 0 amide bonds. The first-order chi connectivity index (χ1) is 6.33. The van der Waals surface area contributed by atoms with Gasteiger partial charge in [0.25, 0.3) is 0 Å². The Morgan fingerprint density at radius 3 is 1.93 bits per heavy atom.